The summed E-state index contributed by atoms with van der Waals surface area (Å²) in [6.45, 7) is 4.56. The van der Waals surface area contributed by atoms with E-state index in [1.165, 1.54) is 30.8 Å². The third-order valence-electron chi connectivity index (χ3n) is 11.5. The number of phenolic OH excluding ortho intramolecular Hbond substituents is 1. The molecule has 16 N–H and O–H groups in total. The van der Waals surface area contributed by atoms with Crippen molar-refractivity contribution in [1.29, 1.82) is 0 Å². The molecule has 1 aromatic rings. The summed E-state index contributed by atoms with van der Waals surface area (Å²) in [4.78, 5) is 141. The minimum absolute atomic E-state index is 0.0177. The van der Waals surface area contributed by atoms with Gasteiger partial charge in [0.2, 0.25) is 47.3 Å². The Morgan fingerprint density at radius 3 is 1.99 bits per heavy atom. The van der Waals surface area contributed by atoms with E-state index in [-0.39, 0.29) is 85.1 Å². The van der Waals surface area contributed by atoms with Crippen molar-refractivity contribution in [2.75, 3.05) is 54.7 Å². The number of hydrogen-bond donors (Lipinski definition) is 14. The number of aliphatic hydroxyl groups is 1. The zero-order valence-electron chi connectivity index (χ0n) is 41.9. The van der Waals surface area contributed by atoms with Gasteiger partial charge in [-0.15, -0.1) is 0 Å². The first-order valence-electron chi connectivity index (χ1n) is 24.1. The number of amides is 8. The largest absolute Gasteiger partial charge is 0.508 e. The molecule has 74 heavy (non-hydrogen) atoms. The number of nitrogens with two attached hydrogens (primary N) is 2. The number of nitrogens with one attached hydrogen (secondary N) is 9. The molecule has 0 bridgehead atoms. The third-order valence-corrected chi connectivity index (χ3v) is 14.3. The number of benzene rings is 1. The van der Waals surface area contributed by atoms with Crippen LogP contribution in [0.1, 0.15) is 64.9 Å². The molecule has 9 atom stereocenters. The number of aliphatic imine (C=N–C) groups is 1. The van der Waals surface area contributed by atoms with Crippen LogP contribution in [-0.4, -0.2) is 189 Å². The molecule has 0 unspecified atom stereocenters. The topological polar surface area (TPSA) is 404 Å². The second kappa shape index (κ2) is 32.5. The predicted octanol–water partition coefficient (Wildman–Crippen LogP) is -3.44. The molecule has 1 aromatic carbocycles. The number of carbonyl (C=O) groups is 10. The maximum Gasteiger partial charge on any atom is 0.328 e. The maximum absolute atomic E-state index is 14.4. The molecule has 25 nitrogen and oxygen atoms in total. The summed E-state index contributed by atoms with van der Waals surface area (Å²) in [6.07, 6.45) is 3.02. The number of aliphatic hydroxyl groups excluding tert-OH is 1. The van der Waals surface area contributed by atoms with Gasteiger partial charge in [0, 0.05) is 24.5 Å². The van der Waals surface area contributed by atoms with Crippen molar-refractivity contribution in [1.82, 2.24) is 47.9 Å². The monoisotopic (exact) mass is 1100 g/mol. The highest BCUT2D eigenvalue weighted by atomic mass is 32.2. The molecule has 2 aliphatic heterocycles. The van der Waals surface area contributed by atoms with Crippen LogP contribution in [0.25, 0.3) is 0 Å². The van der Waals surface area contributed by atoms with Crippen LogP contribution in [0.4, 0.5) is 0 Å². The van der Waals surface area contributed by atoms with E-state index < -0.39 is 114 Å². The Labute approximate surface area is 442 Å². The van der Waals surface area contributed by atoms with E-state index in [1.807, 2.05) is 13.8 Å². The molecule has 0 aliphatic carbocycles. The number of carboxylic acid groups (broad SMARTS) is 1. The Hall–Kier alpha value is -5.84. The molecule has 0 aromatic heterocycles. The van der Waals surface area contributed by atoms with Crippen LogP contribution in [0.5, 0.6) is 5.75 Å². The molecule has 28 heteroatoms. The lowest BCUT2D eigenvalue weighted by atomic mass is 10.0. The van der Waals surface area contributed by atoms with Crippen molar-refractivity contribution in [3.8, 4) is 5.75 Å². The second-order valence-corrected chi connectivity index (χ2v) is 21.2. The van der Waals surface area contributed by atoms with E-state index in [0.29, 0.717) is 24.3 Å². The van der Waals surface area contributed by atoms with Crippen LogP contribution in [-0.2, 0) is 54.4 Å². The minimum Gasteiger partial charge on any atom is -0.508 e. The number of aromatic hydroxyl groups is 1. The van der Waals surface area contributed by atoms with Crippen molar-refractivity contribution in [2.24, 2.45) is 22.4 Å². The Balaban J connectivity index is 2.10. The molecule has 3 rings (SSSR count). The number of hydrogen-bond acceptors (Lipinski definition) is 17. The van der Waals surface area contributed by atoms with E-state index in [9.17, 15) is 63.3 Å². The molecular weight excluding hydrogens is 1020 g/mol. The van der Waals surface area contributed by atoms with Crippen LogP contribution >= 0.6 is 35.3 Å². The number of carboxylic acids is 1. The highest BCUT2D eigenvalue weighted by Gasteiger charge is 2.35. The molecule has 2 heterocycles. The summed E-state index contributed by atoms with van der Waals surface area (Å²) < 4.78 is 0. The van der Waals surface area contributed by atoms with Gasteiger partial charge in [-0.2, -0.15) is 35.3 Å². The lowest BCUT2D eigenvalue weighted by Crippen LogP contribution is -2.60. The van der Waals surface area contributed by atoms with Gasteiger partial charge in [0.15, 0.2) is 11.7 Å². The van der Waals surface area contributed by atoms with Gasteiger partial charge in [-0.25, -0.2) is 4.79 Å². The number of aliphatic carboxylic acids is 1. The highest BCUT2D eigenvalue weighted by Crippen LogP contribution is 2.16. The lowest BCUT2D eigenvalue weighted by molar-refractivity contribution is -0.143. The van der Waals surface area contributed by atoms with Gasteiger partial charge in [0.25, 0.3) is 0 Å². The third kappa shape index (κ3) is 22.3. The van der Waals surface area contributed by atoms with Crippen LogP contribution in [0.2, 0.25) is 0 Å². The van der Waals surface area contributed by atoms with E-state index in [2.05, 4.69) is 52.8 Å². The standard InChI is InChI=1S/C46H72N12O13S3/c1-24(2)17-32-41(66)55-33(18-26-9-11-27(60)12-10-26)42(67)53-31(13-16-72-4)39(64)51-25(3)37(62)52-30(8-6-15-50-46(47)48)40(65)58-36(44(69)56-34(19-59)45(70)71)23-74-21-28(61)20-73-22-35(43(68)54-32)57-38(63)29-7-5-14-49-29/h9-12,24-25,29-36,49,59-60H,5-8,13-23H2,1-4H3,(H,51,64)(H,52,62)(H,53,67)(H,54,68)(H,55,66)(H,56,69)(H,57,63)(H,58,65)(H,70,71)(H4,47,48,50)/t25-,29-,30-,31-,32-,33-,34-,35-,36-/m0/s1. The van der Waals surface area contributed by atoms with E-state index >= 15 is 0 Å². The summed E-state index contributed by atoms with van der Waals surface area (Å²) in [5, 5.41) is 52.9. The number of nitrogens with zero attached hydrogens (tertiary/aromatic N) is 1. The Morgan fingerprint density at radius 2 is 1.38 bits per heavy atom. The Bertz CT molecular complexity index is 2130. The first kappa shape index (κ1) is 62.5. The summed E-state index contributed by atoms with van der Waals surface area (Å²) >= 11 is 3.27. The van der Waals surface area contributed by atoms with Gasteiger partial charge >= 0.3 is 5.97 Å². The van der Waals surface area contributed by atoms with E-state index in [0.717, 1.165) is 29.9 Å². The van der Waals surface area contributed by atoms with Crippen LogP contribution in [0.15, 0.2) is 29.3 Å². The van der Waals surface area contributed by atoms with Crippen molar-refractivity contribution in [2.45, 2.75) is 120 Å². The van der Waals surface area contributed by atoms with Crippen molar-refractivity contribution >= 4 is 100 Å². The SMILES string of the molecule is CSCC[C@@H]1NC(=O)[C@H](Cc2ccc(O)cc2)NC(=O)[C@H](CC(C)C)NC(=O)[C@@H](NC(=O)[C@@H]2CCCN2)CSCC(=O)CSC[C@@H](C(=O)N[C@@H](CO)C(=O)O)NC(=O)[C@H](CCCN=C(N)N)NC(=O)[C@H](C)NC1=O. The van der Waals surface area contributed by atoms with Gasteiger partial charge in [-0.05, 0) is 87.6 Å². The van der Waals surface area contributed by atoms with Gasteiger partial charge in [0.1, 0.15) is 54.1 Å². The smallest absolute Gasteiger partial charge is 0.328 e. The summed E-state index contributed by atoms with van der Waals surface area (Å²) in [6, 6.07) is -5.93. The lowest BCUT2D eigenvalue weighted by Gasteiger charge is -2.28. The molecular formula is C46H72N12O13S3. The van der Waals surface area contributed by atoms with Crippen LogP contribution in [0.3, 0.4) is 0 Å². The molecule has 0 saturated carbocycles. The average molecular weight is 1100 g/mol. The van der Waals surface area contributed by atoms with Gasteiger partial charge < -0.3 is 74.6 Å². The Morgan fingerprint density at radius 1 is 0.784 bits per heavy atom. The van der Waals surface area contributed by atoms with Crippen molar-refractivity contribution in [3.63, 3.8) is 0 Å². The predicted molar refractivity (Wildman–Crippen MR) is 281 cm³/mol. The zero-order chi connectivity index (χ0) is 54.9. The number of Topliss-reactive ketones (excluding diaryl/α,β-unsaturated/α-hetero) is 1. The fourth-order valence-corrected chi connectivity index (χ4v) is 9.89. The molecule has 412 valence electrons. The molecule has 8 amide bonds. The van der Waals surface area contributed by atoms with Gasteiger partial charge in [-0.1, -0.05) is 26.0 Å². The number of guanidine groups is 1. The fourth-order valence-electron chi connectivity index (χ4n) is 7.45. The molecule has 2 fully saturated rings. The molecule has 0 radical (unpaired) electrons. The molecule has 0 spiro atoms. The summed E-state index contributed by atoms with van der Waals surface area (Å²) in [5.74, 6) is -9.37. The number of ketones is 1. The van der Waals surface area contributed by atoms with E-state index in [4.69, 9.17) is 11.5 Å². The maximum atomic E-state index is 14.4. The number of rotatable bonds is 17. The first-order valence-corrected chi connectivity index (χ1v) is 27.8. The van der Waals surface area contributed by atoms with E-state index in [1.54, 1.807) is 18.4 Å². The molecule has 2 aliphatic rings. The van der Waals surface area contributed by atoms with Gasteiger partial charge in [0.05, 0.1) is 24.2 Å². The normalized spacial score (nSPS) is 25.0. The zero-order valence-corrected chi connectivity index (χ0v) is 44.4. The highest BCUT2D eigenvalue weighted by molar-refractivity contribution is 8.01. The Kier molecular flexibility index (Phi) is 27.4. The quantitative estimate of drug-likeness (QED) is 0.0410. The second-order valence-electron chi connectivity index (χ2n) is 18.1. The van der Waals surface area contributed by atoms with Crippen molar-refractivity contribution in [3.05, 3.63) is 29.8 Å². The van der Waals surface area contributed by atoms with Gasteiger partial charge in [-0.3, -0.25) is 48.1 Å². The van der Waals surface area contributed by atoms with Crippen LogP contribution in [0, 0.1) is 5.92 Å². The van der Waals surface area contributed by atoms with Crippen molar-refractivity contribution < 1.29 is 63.3 Å². The number of phenols is 1. The summed E-state index contributed by atoms with van der Waals surface area (Å²) in [7, 11) is 0. The fraction of sp³-hybridized carbons (Fsp3) is 0.630. The van der Waals surface area contributed by atoms with Crippen LogP contribution < -0.4 is 59.3 Å². The summed E-state index contributed by atoms with van der Waals surface area (Å²) in [5.41, 5.74) is 11.5. The number of carbonyl (C=O) groups excluding carboxylic acids is 9. The minimum atomic E-state index is -1.77. The average Bonchev–Trinajstić information content (AvgIpc) is 3.90. The first-order chi connectivity index (χ1) is 35.1. The number of thioether (sulfide) groups is 3. The molecule has 2 saturated heterocycles.